The minimum Gasteiger partial charge on any atom is -0.383 e. The molecule has 1 heterocycles. The van der Waals surface area contributed by atoms with Gasteiger partial charge in [-0.2, -0.15) is 0 Å². The number of hydrazine groups is 1. The lowest BCUT2D eigenvalue weighted by Gasteiger charge is -2.17. The fraction of sp³-hybridized carbons (Fsp3) is 0.500. The number of pyridine rings is 1. The van der Waals surface area contributed by atoms with Crippen LogP contribution in [0.2, 0.25) is 5.02 Å². The maximum absolute atomic E-state index is 5.88. The van der Waals surface area contributed by atoms with Gasteiger partial charge in [0.15, 0.2) is 0 Å². The number of hydrogen-bond donors (Lipinski definition) is 3. The summed E-state index contributed by atoms with van der Waals surface area (Å²) < 4.78 is 0. The molecule has 4 nitrogen and oxygen atoms in total. The number of nitrogens with one attached hydrogen (secondary N) is 1. The molecule has 0 bridgehead atoms. The van der Waals surface area contributed by atoms with Crippen LogP contribution in [0.4, 0.5) is 5.82 Å². The van der Waals surface area contributed by atoms with Crippen molar-refractivity contribution in [3.63, 3.8) is 0 Å². The third-order valence-corrected chi connectivity index (χ3v) is 2.97. The van der Waals surface area contributed by atoms with Crippen LogP contribution in [0.1, 0.15) is 30.9 Å². The Hall–Kier alpha value is -0.840. The number of nitrogens with zero attached hydrogens (tertiary/aromatic N) is 1. The topological polar surface area (TPSA) is 77.0 Å². The summed E-state index contributed by atoms with van der Waals surface area (Å²) in [5.74, 6) is 6.79. The molecule has 1 fully saturated rings. The molecule has 15 heavy (non-hydrogen) atoms. The number of hydrogen-bond acceptors (Lipinski definition) is 4. The highest BCUT2D eigenvalue weighted by Crippen LogP contribution is 2.38. The first-order chi connectivity index (χ1) is 7.20. The second-order valence-corrected chi connectivity index (χ2v) is 4.46. The number of nitrogens with two attached hydrogens (primary N) is 2. The smallest absolute Gasteiger partial charge is 0.128 e. The van der Waals surface area contributed by atoms with E-state index in [2.05, 4.69) is 10.4 Å². The number of nitrogen functional groups attached to an aromatic ring is 1. The highest BCUT2D eigenvalue weighted by atomic mass is 35.5. The minimum atomic E-state index is 0.0590. The second-order valence-electron chi connectivity index (χ2n) is 4.03. The second kappa shape index (κ2) is 4.35. The molecule has 0 saturated heterocycles. The zero-order chi connectivity index (χ0) is 10.8. The molecule has 5 N–H and O–H groups in total. The van der Waals surface area contributed by atoms with E-state index in [-0.39, 0.29) is 6.04 Å². The highest BCUT2D eigenvalue weighted by Gasteiger charge is 2.27. The summed E-state index contributed by atoms with van der Waals surface area (Å²) in [6.07, 6.45) is 5.12. The van der Waals surface area contributed by atoms with Gasteiger partial charge < -0.3 is 5.73 Å². The first kappa shape index (κ1) is 10.7. The molecule has 0 amide bonds. The van der Waals surface area contributed by atoms with E-state index < -0.39 is 0 Å². The monoisotopic (exact) mass is 226 g/mol. The van der Waals surface area contributed by atoms with E-state index in [9.17, 15) is 0 Å². The van der Waals surface area contributed by atoms with Crippen LogP contribution in [0.15, 0.2) is 12.3 Å². The molecule has 1 unspecified atom stereocenters. The van der Waals surface area contributed by atoms with Crippen molar-refractivity contribution < 1.29 is 0 Å². The Bertz CT molecular complexity index is 351. The first-order valence-corrected chi connectivity index (χ1v) is 5.45. The van der Waals surface area contributed by atoms with Gasteiger partial charge in [0.2, 0.25) is 0 Å². The van der Waals surface area contributed by atoms with E-state index in [0.29, 0.717) is 10.8 Å². The van der Waals surface area contributed by atoms with Crippen molar-refractivity contribution in [2.45, 2.75) is 25.3 Å². The van der Waals surface area contributed by atoms with Crippen molar-refractivity contribution in [3.8, 4) is 0 Å². The fourth-order valence-corrected chi connectivity index (χ4v) is 1.88. The van der Waals surface area contributed by atoms with Gasteiger partial charge in [-0.1, -0.05) is 24.4 Å². The molecule has 1 aromatic rings. The van der Waals surface area contributed by atoms with Crippen LogP contribution in [0.25, 0.3) is 0 Å². The molecule has 0 aromatic carbocycles. The zero-order valence-corrected chi connectivity index (χ0v) is 9.17. The fourth-order valence-electron chi connectivity index (χ4n) is 1.72. The van der Waals surface area contributed by atoms with Crippen LogP contribution in [0.5, 0.6) is 0 Å². The number of anilines is 1. The van der Waals surface area contributed by atoms with Gasteiger partial charge in [-0.25, -0.2) is 4.98 Å². The van der Waals surface area contributed by atoms with E-state index in [1.807, 2.05) is 6.07 Å². The number of rotatable bonds is 4. The zero-order valence-electron chi connectivity index (χ0n) is 8.41. The Balaban J connectivity index is 2.19. The third kappa shape index (κ3) is 2.59. The Kier molecular flexibility index (Phi) is 3.09. The van der Waals surface area contributed by atoms with Crippen LogP contribution < -0.4 is 17.0 Å². The standard InChI is InChI=1S/C10H15ClN4/c11-7-4-8(10(12)14-5-7)9(15-13)3-6-1-2-6/h4-6,9,15H,1-3,13H2,(H2,12,14). The van der Waals surface area contributed by atoms with E-state index in [0.717, 1.165) is 17.9 Å². The molecule has 1 aromatic heterocycles. The van der Waals surface area contributed by atoms with Crippen LogP contribution in [-0.4, -0.2) is 4.98 Å². The summed E-state index contributed by atoms with van der Waals surface area (Å²) in [5.41, 5.74) is 9.48. The average Bonchev–Trinajstić information content (AvgIpc) is 3.02. The van der Waals surface area contributed by atoms with E-state index in [4.69, 9.17) is 23.2 Å². The van der Waals surface area contributed by atoms with Crippen LogP contribution in [-0.2, 0) is 0 Å². The third-order valence-electron chi connectivity index (χ3n) is 2.76. The van der Waals surface area contributed by atoms with Gasteiger partial charge in [0.25, 0.3) is 0 Å². The molecular weight excluding hydrogens is 212 g/mol. The molecule has 0 aliphatic heterocycles. The van der Waals surface area contributed by atoms with Gasteiger partial charge in [0, 0.05) is 17.8 Å². The predicted molar refractivity (Wildman–Crippen MR) is 61.1 cm³/mol. The molecule has 2 rings (SSSR count). The summed E-state index contributed by atoms with van der Waals surface area (Å²) >= 11 is 5.88. The lowest BCUT2D eigenvalue weighted by molar-refractivity contribution is 0.487. The molecule has 1 aliphatic rings. The quantitative estimate of drug-likeness (QED) is 0.539. The van der Waals surface area contributed by atoms with Crippen molar-refractivity contribution in [2.75, 3.05) is 5.73 Å². The Labute approximate surface area is 94.0 Å². The molecular formula is C10H15ClN4. The minimum absolute atomic E-state index is 0.0590. The number of aromatic nitrogens is 1. The summed E-state index contributed by atoms with van der Waals surface area (Å²) in [6, 6.07) is 1.89. The lowest BCUT2D eigenvalue weighted by atomic mass is 10.0. The van der Waals surface area contributed by atoms with Crippen molar-refractivity contribution in [1.82, 2.24) is 10.4 Å². The molecule has 1 saturated carbocycles. The molecule has 82 valence electrons. The summed E-state index contributed by atoms with van der Waals surface area (Å²) in [4.78, 5) is 4.03. The van der Waals surface area contributed by atoms with Crippen molar-refractivity contribution in [1.29, 1.82) is 0 Å². The largest absolute Gasteiger partial charge is 0.383 e. The molecule has 1 atom stereocenters. The Morgan fingerprint density at radius 1 is 1.60 bits per heavy atom. The summed E-state index contributed by atoms with van der Waals surface area (Å²) in [6.45, 7) is 0. The molecule has 0 spiro atoms. The van der Waals surface area contributed by atoms with Crippen molar-refractivity contribution in [3.05, 3.63) is 22.8 Å². The Morgan fingerprint density at radius 3 is 2.93 bits per heavy atom. The first-order valence-electron chi connectivity index (χ1n) is 5.07. The normalized spacial score (nSPS) is 17.7. The highest BCUT2D eigenvalue weighted by molar-refractivity contribution is 6.30. The molecule has 5 heteroatoms. The summed E-state index contributed by atoms with van der Waals surface area (Å²) in [7, 11) is 0. The Morgan fingerprint density at radius 2 is 2.33 bits per heavy atom. The average molecular weight is 227 g/mol. The van der Waals surface area contributed by atoms with Crippen molar-refractivity contribution >= 4 is 17.4 Å². The number of halogens is 1. The van der Waals surface area contributed by atoms with E-state index >= 15 is 0 Å². The van der Waals surface area contributed by atoms with E-state index in [1.54, 1.807) is 6.20 Å². The van der Waals surface area contributed by atoms with Gasteiger partial charge in [-0.15, -0.1) is 0 Å². The SMILES string of the molecule is NNC(CC1CC1)c1cc(Cl)cnc1N. The molecule has 1 aliphatic carbocycles. The maximum atomic E-state index is 5.88. The van der Waals surface area contributed by atoms with Gasteiger partial charge in [0.1, 0.15) is 5.82 Å². The van der Waals surface area contributed by atoms with Crippen LogP contribution in [0.3, 0.4) is 0 Å². The molecule has 0 radical (unpaired) electrons. The lowest BCUT2D eigenvalue weighted by Crippen LogP contribution is -2.29. The van der Waals surface area contributed by atoms with Crippen LogP contribution >= 0.6 is 11.6 Å². The van der Waals surface area contributed by atoms with E-state index in [1.165, 1.54) is 12.8 Å². The maximum Gasteiger partial charge on any atom is 0.128 e. The van der Waals surface area contributed by atoms with Crippen LogP contribution in [0, 0.1) is 5.92 Å². The van der Waals surface area contributed by atoms with Gasteiger partial charge in [0.05, 0.1) is 5.02 Å². The van der Waals surface area contributed by atoms with Crippen molar-refractivity contribution in [2.24, 2.45) is 11.8 Å². The van der Waals surface area contributed by atoms with Gasteiger partial charge in [-0.3, -0.25) is 11.3 Å². The predicted octanol–water partition coefficient (Wildman–Crippen LogP) is 1.62. The summed E-state index contributed by atoms with van der Waals surface area (Å²) in [5, 5.41) is 0.593. The van der Waals surface area contributed by atoms with Gasteiger partial charge >= 0.3 is 0 Å². The van der Waals surface area contributed by atoms with Gasteiger partial charge in [-0.05, 0) is 18.4 Å².